The first-order chi connectivity index (χ1) is 14.4. The zero-order chi connectivity index (χ0) is 21.3. The molecule has 4 bridgehead atoms. The van der Waals surface area contributed by atoms with Crippen molar-refractivity contribution in [2.24, 2.45) is 28.7 Å². The van der Waals surface area contributed by atoms with Gasteiger partial charge in [0.1, 0.15) is 5.75 Å². The molecular formula is C25H35Cl2NOTi. The van der Waals surface area contributed by atoms with Crippen LogP contribution >= 0.6 is 18.6 Å². The van der Waals surface area contributed by atoms with Gasteiger partial charge in [-0.2, -0.15) is 0 Å². The summed E-state index contributed by atoms with van der Waals surface area (Å²) in [4.78, 5) is 4.94. The Morgan fingerprint density at radius 2 is 1.60 bits per heavy atom. The van der Waals surface area contributed by atoms with Gasteiger partial charge in [-0.1, -0.05) is 25.8 Å². The minimum absolute atomic E-state index is 0.242. The van der Waals surface area contributed by atoms with Gasteiger partial charge >= 0.3 is 35.6 Å². The number of rotatable bonds is 3. The van der Waals surface area contributed by atoms with E-state index in [1.54, 1.807) is 0 Å². The van der Waals surface area contributed by atoms with E-state index in [-0.39, 0.29) is 5.41 Å². The second-order valence-electron chi connectivity index (χ2n) is 10.6. The molecule has 5 heteroatoms. The molecule has 1 aromatic rings. The third-order valence-corrected chi connectivity index (χ3v) is 8.36. The van der Waals surface area contributed by atoms with Crippen molar-refractivity contribution in [1.82, 2.24) is 0 Å². The summed E-state index contributed by atoms with van der Waals surface area (Å²) in [5.41, 5.74) is 3.72. The minimum atomic E-state index is -0.556. The summed E-state index contributed by atoms with van der Waals surface area (Å²) >= 11 is -0.556. The molecule has 2 atom stereocenters. The Kier molecular flexibility index (Phi) is 7.61. The molecule has 1 aromatic carbocycles. The second-order valence-corrected chi connectivity index (χ2v) is 13.2. The molecule has 5 fully saturated rings. The van der Waals surface area contributed by atoms with Gasteiger partial charge in [0, 0.05) is 17.3 Å². The molecule has 0 aliphatic heterocycles. The van der Waals surface area contributed by atoms with Crippen molar-refractivity contribution in [3.8, 4) is 5.75 Å². The molecule has 0 heterocycles. The zero-order valence-corrected chi connectivity index (χ0v) is 21.4. The SMILES string of the molecule is Cc1cc(C=NC2CCCCC2C)c(O)c(C23CC4CC(CC(C4)C2)C3)c1.[Cl][Ti][Cl]. The van der Waals surface area contributed by atoms with Crippen molar-refractivity contribution in [3.05, 3.63) is 28.8 Å². The average molecular weight is 484 g/mol. The first-order valence-corrected chi connectivity index (χ1v) is 16.1. The van der Waals surface area contributed by atoms with E-state index in [4.69, 9.17) is 23.6 Å². The van der Waals surface area contributed by atoms with Gasteiger partial charge in [0.2, 0.25) is 0 Å². The van der Waals surface area contributed by atoms with Crippen LogP contribution in [0.3, 0.4) is 0 Å². The molecule has 5 aliphatic rings. The van der Waals surface area contributed by atoms with Crippen LogP contribution in [0.2, 0.25) is 0 Å². The first-order valence-electron chi connectivity index (χ1n) is 11.8. The van der Waals surface area contributed by atoms with E-state index in [1.807, 2.05) is 6.21 Å². The molecule has 30 heavy (non-hydrogen) atoms. The van der Waals surface area contributed by atoms with E-state index >= 15 is 0 Å². The summed E-state index contributed by atoms with van der Waals surface area (Å²) in [7, 11) is 9.78. The number of phenols is 1. The molecule has 6 rings (SSSR count). The van der Waals surface area contributed by atoms with Gasteiger partial charge in [-0.3, -0.25) is 4.99 Å². The number of nitrogens with zero attached hydrogens (tertiary/aromatic N) is 1. The molecule has 0 saturated heterocycles. The number of hydrogen-bond donors (Lipinski definition) is 1. The van der Waals surface area contributed by atoms with Crippen LogP contribution < -0.4 is 0 Å². The van der Waals surface area contributed by atoms with Crippen molar-refractivity contribution in [3.63, 3.8) is 0 Å². The predicted molar refractivity (Wildman–Crippen MR) is 123 cm³/mol. The Morgan fingerprint density at radius 3 is 2.17 bits per heavy atom. The van der Waals surface area contributed by atoms with Crippen LogP contribution in [0.1, 0.15) is 87.8 Å². The van der Waals surface area contributed by atoms with Gasteiger partial charge < -0.3 is 5.11 Å². The summed E-state index contributed by atoms with van der Waals surface area (Å²) in [6, 6.07) is 4.86. The molecule has 5 saturated carbocycles. The number of aromatic hydroxyl groups is 1. The van der Waals surface area contributed by atoms with Crippen LogP contribution in [0, 0.1) is 30.6 Å². The van der Waals surface area contributed by atoms with Crippen LogP contribution in [-0.4, -0.2) is 17.4 Å². The maximum atomic E-state index is 11.3. The van der Waals surface area contributed by atoms with E-state index < -0.39 is 17.0 Å². The Bertz CT molecular complexity index is 745. The fourth-order valence-electron chi connectivity index (χ4n) is 7.44. The van der Waals surface area contributed by atoms with Gasteiger partial charge in [0.05, 0.1) is 6.04 Å². The predicted octanol–water partition coefficient (Wildman–Crippen LogP) is 7.54. The summed E-state index contributed by atoms with van der Waals surface area (Å²) in [6.07, 6.45) is 15.4. The monoisotopic (exact) mass is 483 g/mol. The van der Waals surface area contributed by atoms with Gasteiger partial charge in [0.15, 0.2) is 0 Å². The van der Waals surface area contributed by atoms with Crippen LogP contribution in [0.15, 0.2) is 17.1 Å². The standard InChI is InChI=1S/C25H35NO.2ClH.Ti/c1-16-7-21(15-26-23-6-4-3-5-17(23)2)24(27)22(8-16)25-12-18-9-19(13-25)11-20(10-18)14-25;;;/h7-8,15,17-20,23,27H,3-6,9-14H2,1-2H3;2*1H;/q;;;+2/p-2. The van der Waals surface area contributed by atoms with Gasteiger partial charge in [0.25, 0.3) is 0 Å². The molecule has 1 N–H and O–H groups in total. The summed E-state index contributed by atoms with van der Waals surface area (Å²) < 4.78 is 0. The zero-order valence-electron chi connectivity index (χ0n) is 18.3. The third-order valence-electron chi connectivity index (χ3n) is 8.36. The van der Waals surface area contributed by atoms with E-state index in [1.165, 1.54) is 75.3 Å². The van der Waals surface area contributed by atoms with Crippen molar-refractivity contribution < 1.29 is 22.1 Å². The van der Waals surface area contributed by atoms with Crippen molar-refractivity contribution in [2.45, 2.75) is 89.5 Å². The maximum absolute atomic E-state index is 11.3. The first kappa shape index (κ1) is 23.2. The van der Waals surface area contributed by atoms with E-state index in [9.17, 15) is 5.11 Å². The number of phenolic OH excluding ortho intramolecular Hbond substituents is 1. The fourth-order valence-corrected chi connectivity index (χ4v) is 7.44. The van der Waals surface area contributed by atoms with E-state index in [2.05, 4.69) is 26.0 Å². The molecule has 0 spiro atoms. The van der Waals surface area contributed by atoms with Crippen LogP contribution in [0.5, 0.6) is 5.75 Å². The normalized spacial score (nSPS) is 37.1. The number of aryl methyl sites for hydroxylation is 1. The summed E-state index contributed by atoms with van der Waals surface area (Å²) in [5.74, 6) is 3.91. The van der Waals surface area contributed by atoms with Gasteiger partial charge in [-0.15, -0.1) is 0 Å². The molecule has 5 aliphatic carbocycles. The molecule has 164 valence electrons. The van der Waals surface area contributed by atoms with Gasteiger partial charge in [-0.25, -0.2) is 0 Å². The Hall–Kier alpha value is -0.0157. The average Bonchev–Trinajstić information content (AvgIpc) is 2.69. The van der Waals surface area contributed by atoms with Crippen LogP contribution in [0.25, 0.3) is 0 Å². The Labute approximate surface area is 198 Å². The van der Waals surface area contributed by atoms with Crippen LogP contribution in [0.4, 0.5) is 0 Å². The molecule has 0 aromatic heterocycles. The summed E-state index contributed by atoms with van der Waals surface area (Å²) in [6.45, 7) is 4.52. The third kappa shape index (κ3) is 4.83. The second kappa shape index (κ2) is 9.86. The van der Waals surface area contributed by atoms with Crippen molar-refractivity contribution in [1.29, 1.82) is 0 Å². The Morgan fingerprint density at radius 1 is 1.03 bits per heavy atom. The number of halogens is 2. The molecule has 0 radical (unpaired) electrons. The van der Waals surface area contributed by atoms with E-state index in [0.717, 1.165) is 23.3 Å². The van der Waals surface area contributed by atoms with Crippen molar-refractivity contribution in [2.75, 3.05) is 0 Å². The fraction of sp³-hybridized carbons (Fsp3) is 0.720. The molecular weight excluding hydrogens is 449 g/mol. The van der Waals surface area contributed by atoms with Crippen LogP contribution in [-0.2, 0) is 22.4 Å². The number of hydrogen-bond acceptors (Lipinski definition) is 2. The molecule has 0 amide bonds. The van der Waals surface area contributed by atoms with Gasteiger partial charge in [-0.05, 0) is 99.0 Å². The topological polar surface area (TPSA) is 32.6 Å². The molecule has 2 nitrogen and oxygen atoms in total. The molecule has 2 unspecified atom stereocenters. The quantitative estimate of drug-likeness (QED) is 0.349. The Balaban J connectivity index is 0.000000687. The summed E-state index contributed by atoms with van der Waals surface area (Å²) in [5, 5.41) is 11.3. The van der Waals surface area contributed by atoms with Crippen molar-refractivity contribution >= 4 is 24.8 Å². The van der Waals surface area contributed by atoms with E-state index in [0.29, 0.717) is 17.7 Å². The number of benzene rings is 1. The number of aliphatic imine (C=N–C) groups is 1.